The predicted octanol–water partition coefficient (Wildman–Crippen LogP) is 6.37. The maximum Gasteiger partial charge on any atom is 0.416 e. The molecule has 0 aliphatic rings. The van der Waals surface area contributed by atoms with E-state index in [-0.39, 0.29) is 12.5 Å². The number of anilines is 1. The van der Waals surface area contributed by atoms with E-state index in [2.05, 4.69) is 20.6 Å². The Hall–Kier alpha value is -4.33. The van der Waals surface area contributed by atoms with Crippen molar-refractivity contribution in [1.29, 1.82) is 0 Å². The number of halogens is 3. The van der Waals surface area contributed by atoms with Crippen LogP contribution < -0.4 is 10.6 Å². The number of alkyl halides is 3. The highest BCUT2D eigenvalue weighted by atomic mass is 19.4. The molecule has 0 aliphatic heterocycles. The fraction of sp³-hybridized carbons (Fsp3) is 0.111. The van der Waals surface area contributed by atoms with Gasteiger partial charge in [0, 0.05) is 36.1 Å². The predicted molar refractivity (Wildman–Crippen MR) is 131 cm³/mol. The van der Waals surface area contributed by atoms with Gasteiger partial charge in [0.2, 0.25) is 0 Å². The van der Waals surface area contributed by atoms with Crippen LogP contribution >= 0.6 is 0 Å². The van der Waals surface area contributed by atoms with Crippen LogP contribution in [0.1, 0.15) is 21.6 Å². The average molecular weight is 474 g/mol. The van der Waals surface area contributed by atoms with Crippen LogP contribution in [0.25, 0.3) is 32.8 Å². The van der Waals surface area contributed by atoms with Gasteiger partial charge in [-0.3, -0.25) is 4.79 Å². The fourth-order valence-electron chi connectivity index (χ4n) is 4.19. The Morgan fingerprint density at radius 2 is 1.80 bits per heavy atom. The van der Waals surface area contributed by atoms with Crippen molar-refractivity contribution in [3.05, 3.63) is 95.8 Å². The molecule has 2 aromatic heterocycles. The molecule has 5 rings (SSSR count). The summed E-state index contributed by atoms with van der Waals surface area (Å²) < 4.78 is 39.1. The summed E-state index contributed by atoms with van der Waals surface area (Å²) in [6, 6.07) is 20.8. The third kappa shape index (κ3) is 4.42. The van der Waals surface area contributed by atoms with Gasteiger partial charge in [0.15, 0.2) is 0 Å². The molecule has 8 heteroatoms. The smallest absolute Gasteiger partial charge is 0.365 e. The van der Waals surface area contributed by atoms with Crippen LogP contribution in [0.4, 0.5) is 19.0 Å². The Kier molecular flexibility index (Phi) is 5.64. The van der Waals surface area contributed by atoms with Gasteiger partial charge >= 0.3 is 6.18 Å². The lowest BCUT2D eigenvalue weighted by Crippen LogP contribution is -2.17. The van der Waals surface area contributed by atoms with E-state index in [1.165, 1.54) is 6.07 Å². The third-order valence-corrected chi connectivity index (χ3v) is 5.93. The zero-order valence-corrected chi connectivity index (χ0v) is 18.7. The van der Waals surface area contributed by atoms with Crippen molar-refractivity contribution in [3.63, 3.8) is 0 Å². The summed E-state index contributed by atoms with van der Waals surface area (Å²) in [5.74, 6) is 0.404. The molecule has 0 bridgehead atoms. The molecule has 3 N–H and O–H groups in total. The molecule has 0 radical (unpaired) electrons. The third-order valence-electron chi connectivity index (χ3n) is 5.93. The van der Waals surface area contributed by atoms with E-state index < -0.39 is 11.7 Å². The molecule has 3 aromatic carbocycles. The zero-order chi connectivity index (χ0) is 24.6. The maximum absolute atomic E-state index is 13.0. The number of aromatic nitrogens is 2. The van der Waals surface area contributed by atoms with Crippen molar-refractivity contribution in [2.45, 2.75) is 12.7 Å². The fourth-order valence-corrected chi connectivity index (χ4v) is 4.19. The highest BCUT2D eigenvalue weighted by molar-refractivity contribution is 6.04. The Morgan fingerprint density at radius 3 is 2.60 bits per heavy atom. The second-order valence-electron chi connectivity index (χ2n) is 8.18. The lowest BCUT2D eigenvalue weighted by atomic mass is 9.99. The molecular weight excluding hydrogens is 453 g/mol. The van der Waals surface area contributed by atoms with E-state index in [1.807, 2.05) is 48.5 Å². The number of H-pyrrole nitrogens is 1. The van der Waals surface area contributed by atoms with Gasteiger partial charge < -0.3 is 15.6 Å². The van der Waals surface area contributed by atoms with Gasteiger partial charge in [-0.1, -0.05) is 36.4 Å². The first-order valence-corrected chi connectivity index (χ1v) is 11.0. The van der Waals surface area contributed by atoms with Crippen LogP contribution in [-0.4, -0.2) is 22.9 Å². The van der Waals surface area contributed by atoms with Crippen molar-refractivity contribution in [3.8, 4) is 11.1 Å². The summed E-state index contributed by atoms with van der Waals surface area (Å²) in [4.78, 5) is 19.6. The molecular formula is C27H21F3N4O. The van der Waals surface area contributed by atoms with Crippen molar-refractivity contribution in [2.24, 2.45) is 0 Å². The quantitative estimate of drug-likeness (QED) is 0.277. The molecule has 35 heavy (non-hydrogen) atoms. The minimum atomic E-state index is -4.38. The van der Waals surface area contributed by atoms with Crippen molar-refractivity contribution < 1.29 is 18.0 Å². The largest absolute Gasteiger partial charge is 0.416 e. The molecule has 5 aromatic rings. The van der Waals surface area contributed by atoms with Gasteiger partial charge in [-0.05, 0) is 58.5 Å². The van der Waals surface area contributed by atoms with E-state index in [0.29, 0.717) is 17.1 Å². The Bertz CT molecular complexity index is 1560. The van der Waals surface area contributed by atoms with Crippen molar-refractivity contribution in [2.75, 3.05) is 12.4 Å². The van der Waals surface area contributed by atoms with Crippen LogP contribution in [0, 0.1) is 0 Å². The average Bonchev–Trinajstić information content (AvgIpc) is 3.31. The highest BCUT2D eigenvalue weighted by Gasteiger charge is 2.30. The van der Waals surface area contributed by atoms with Crippen molar-refractivity contribution in [1.82, 2.24) is 15.3 Å². The SMILES string of the molecule is CNC(=O)c1cc2c(-c3ccc4c(NCc5cccc(C(F)(F)F)c5)nccc4c3)cccc2[nH]1. The van der Waals surface area contributed by atoms with Gasteiger partial charge in [-0.2, -0.15) is 13.2 Å². The van der Waals surface area contributed by atoms with E-state index in [0.717, 1.165) is 44.9 Å². The Morgan fingerprint density at radius 1 is 0.971 bits per heavy atom. The minimum Gasteiger partial charge on any atom is -0.365 e. The lowest BCUT2D eigenvalue weighted by molar-refractivity contribution is -0.137. The second-order valence-corrected chi connectivity index (χ2v) is 8.18. The van der Waals surface area contributed by atoms with Gasteiger partial charge in [-0.25, -0.2) is 4.98 Å². The number of aromatic amines is 1. The minimum absolute atomic E-state index is 0.187. The lowest BCUT2D eigenvalue weighted by Gasteiger charge is -2.12. The van der Waals surface area contributed by atoms with Crippen LogP contribution in [0.3, 0.4) is 0 Å². The van der Waals surface area contributed by atoms with E-state index in [4.69, 9.17) is 0 Å². The molecule has 0 spiro atoms. The summed E-state index contributed by atoms with van der Waals surface area (Å²) in [7, 11) is 1.59. The van der Waals surface area contributed by atoms with Crippen LogP contribution in [0.2, 0.25) is 0 Å². The van der Waals surface area contributed by atoms with E-state index in [1.54, 1.807) is 19.3 Å². The number of nitrogens with one attached hydrogen (secondary N) is 3. The molecule has 1 amide bonds. The molecule has 0 saturated carbocycles. The number of carbonyl (C=O) groups is 1. The normalized spacial score (nSPS) is 11.7. The molecule has 176 valence electrons. The van der Waals surface area contributed by atoms with Crippen LogP contribution in [0.5, 0.6) is 0 Å². The molecule has 5 nitrogen and oxygen atoms in total. The van der Waals surface area contributed by atoms with Crippen LogP contribution in [-0.2, 0) is 12.7 Å². The maximum atomic E-state index is 13.0. The number of hydrogen-bond donors (Lipinski definition) is 3. The van der Waals surface area contributed by atoms with Gasteiger partial charge in [0.05, 0.1) is 5.56 Å². The van der Waals surface area contributed by atoms with Gasteiger partial charge in [-0.15, -0.1) is 0 Å². The molecule has 0 aliphatic carbocycles. The molecule has 2 heterocycles. The number of hydrogen-bond acceptors (Lipinski definition) is 3. The first-order chi connectivity index (χ1) is 16.8. The second kappa shape index (κ2) is 8.79. The Labute approximate surface area is 199 Å². The van der Waals surface area contributed by atoms with Crippen LogP contribution in [0.15, 0.2) is 79.0 Å². The first-order valence-electron chi connectivity index (χ1n) is 11.0. The zero-order valence-electron chi connectivity index (χ0n) is 18.7. The van der Waals surface area contributed by atoms with E-state index in [9.17, 15) is 18.0 Å². The van der Waals surface area contributed by atoms with E-state index >= 15 is 0 Å². The summed E-state index contributed by atoms with van der Waals surface area (Å²) in [5.41, 5.74) is 3.14. The summed E-state index contributed by atoms with van der Waals surface area (Å²) in [6.07, 6.45) is -2.71. The number of pyridine rings is 1. The summed E-state index contributed by atoms with van der Waals surface area (Å²) in [5, 5.41) is 8.52. The topological polar surface area (TPSA) is 69.8 Å². The summed E-state index contributed by atoms with van der Waals surface area (Å²) in [6.45, 7) is 0.211. The number of carbonyl (C=O) groups excluding carboxylic acids is 1. The number of amides is 1. The Balaban J connectivity index is 1.46. The standard InChI is InChI=1S/C27H21F3N4O/c1-31-26(35)24-14-22-20(6-3-7-23(22)34-24)17-8-9-21-18(13-17)10-11-32-25(21)33-15-16-4-2-5-19(12-16)27(28,29)30/h2-14,34H,15H2,1H3,(H,31,35)(H,32,33). The molecule has 0 atom stereocenters. The number of nitrogens with zero attached hydrogens (tertiary/aromatic N) is 1. The highest BCUT2D eigenvalue weighted by Crippen LogP contribution is 2.33. The molecule has 0 fully saturated rings. The van der Waals surface area contributed by atoms with Crippen molar-refractivity contribution >= 4 is 33.4 Å². The monoisotopic (exact) mass is 474 g/mol. The number of fused-ring (bicyclic) bond motifs is 2. The number of rotatable bonds is 5. The number of benzene rings is 3. The van der Waals surface area contributed by atoms with Gasteiger partial charge in [0.1, 0.15) is 11.5 Å². The summed E-state index contributed by atoms with van der Waals surface area (Å²) >= 11 is 0. The molecule has 0 unspecified atom stereocenters. The first kappa shape index (κ1) is 22.5. The van der Waals surface area contributed by atoms with Gasteiger partial charge in [0.25, 0.3) is 5.91 Å². The molecule has 0 saturated heterocycles.